The van der Waals surface area contributed by atoms with Crippen LogP contribution < -0.4 is 11.1 Å². The molecule has 0 aliphatic carbocycles. The topological polar surface area (TPSA) is 83.8 Å². The van der Waals surface area contributed by atoms with E-state index in [1.807, 2.05) is 38.1 Å². The molecule has 5 heteroatoms. The number of anilines is 2. The minimum Gasteiger partial charge on any atom is -0.399 e. The summed E-state index contributed by atoms with van der Waals surface area (Å²) in [5.41, 5.74) is 8.26. The van der Waals surface area contributed by atoms with Crippen molar-refractivity contribution < 1.29 is 4.79 Å². The molecular formula is C14H18N4O. The Morgan fingerprint density at radius 2 is 2.26 bits per heavy atom. The second-order valence-corrected chi connectivity index (χ2v) is 4.51. The number of hydrogen-bond acceptors (Lipinski definition) is 3. The second kappa shape index (κ2) is 5.56. The summed E-state index contributed by atoms with van der Waals surface area (Å²) in [6, 6.07) is 9.19. The highest BCUT2D eigenvalue weighted by molar-refractivity contribution is 5.94. The Morgan fingerprint density at radius 3 is 2.89 bits per heavy atom. The molecule has 0 fully saturated rings. The van der Waals surface area contributed by atoms with Gasteiger partial charge in [-0.3, -0.25) is 9.89 Å². The lowest BCUT2D eigenvalue weighted by molar-refractivity contribution is -0.117. The fourth-order valence-corrected chi connectivity index (χ4v) is 1.82. The average Bonchev–Trinajstić information content (AvgIpc) is 2.85. The number of amides is 1. The van der Waals surface area contributed by atoms with Crippen LogP contribution in [-0.2, 0) is 11.2 Å². The van der Waals surface area contributed by atoms with E-state index < -0.39 is 0 Å². The summed E-state index contributed by atoms with van der Waals surface area (Å²) in [6.07, 6.45) is 0.855. The van der Waals surface area contributed by atoms with E-state index in [9.17, 15) is 4.79 Å². The van der Waals surface area contributed by atoms with Gasteiger partial charge in [0.05, 0.1) is 5.92 Å². The van der Waals surface area contributed by atoms with Gasteiger partial charge in [0.2, 0.25) is 5.91 Å². The highest BCUT2D eigenvalue weighted by atomic mass is 16.1. The molecule has 0 bridgehead atoms. The molecule has 1 heterocycles. The quantitative estimate of drug-likeness (QED) is 0.736. The van der Waals surface area contributed by atoms with E-state index >= 15 is 0 Å². The maximum absolute atomic E-state index is 12.1. The Bertz CT molecular complexity index is 576. The first kappa shape index (κ1) is 13.1. The fourth-order valence-electron chi connectivity index (χ4n) is 1.82. The van der Waals surface area contributed by atoms with Gasteiger partial charge >= 0.3 is 0 Å². The summed E-state index contributed by atoms with van der Waals surface area (Å²) >= 11 is 0. The Balaban J connectivity index is 2.07. The maximum atomic E-state index is 12.1. The van der Waals surface area contributed by atoms with Crippen molar-refractivity contribution in [3.63, 3.8) is 0 Å². The van der Waals surface area contributed by atoms with Gasteiger partial charge in [0, 0.05) is 17.4 Å². The number of rotatable bonds is 4. The smallest absolute Gasteiger partial charge is 0.232 e. The molecule has 0 aliphatic heterocycles. The SMILES string of the molecule is CCc1cc(NC(=O)C(C)c2cccc(N)c2)n[nH]1. The number of aryl methyl sites for hydroxylation is 1. The number of nitrogens with zero attached hydrogens (tertiary/aromatic N) is 1. The van der Waals surface area contributed by atoms with Crippen LogP contribution in [0.15, 0.2) is 30.3 Å². The van der Waals surface area contributed by atoms with Crippen molar-refractivity contribution in [2.24, 2.45) is 0 Å². The summed E-state index contributed by atoms with van der Waals surface area (Å²) in [4.78, 5) is 12.1. The van der Waals surface area contributed by atoms with Crippen molar-refractivity contribution in [1.82, 2.24) is 10.2 Å². The highest BCUT2D eigenvalue weighted by Gasteiger charge is 2.16. The third-order valence-electron chi connectivity index (χ3n) is 3.07. The van der Waals surface area contributed by atoms with Crippen LogP contribution in [0.4, 0.5) is 11.5 Å². The number of aromatic amines is 1. The molecule has 1 aromatic carbocycles. The van der Waals surface area contributed by atoms with Crippen molar-refractivity contribution >= 4 is 17.4 Å². The lowest BCUT2D eigenvalue weighted by Crippen LogP contribution is -2.19. The summed E-state index contributed by atoms with van der Waals surface area (Å²) < 4.78 is 0. The monoisotopic (exact) mass is 258 g/mol. The van der Waals surface area contributed by atoms with Crippen LogP contribution in [0.5, 0.6) is 0 Å². The predicted molar refractivity (Wildman–Crippen MR) is 75.9 cm³/mol. The van der Waals surface area contributed by atoms with Crippen LogP contribution in [0, 0.1) is 0 Å². The van der Waals surface area contributed by atoms with Crippen LogP contribution in [-0.4, -0.2) is 16.1 Å². The van der Waals surface area contributed by atoms with Gasteiger partial charge in [-0.15, -0.1) is 0 Å². The molecule has 5 nitrogen and oxygen atoms in total. The van der Waals surface area contributed by atoms with E-state index in [4.69, 9.17) is 5.73 Å². The van der Waals surface area contributed by atoms with Gasteiger partial charge in [-0.25, -0.2) is 0 Å². The summed E-state index contributed by atoms with van der Waals surface area (Å²) in [6.45, 7) is 3.87. The number of nitrogen functional groups attached to an aromatic ring is 1. The Hall–Kier alpha value is -2.30. The Morgan fingerprint density at radius 1 is 1.47 bits per heavy atom. The van der Waals surface area contributed by atoms with Gasteiger partial charge in [-0.1, -0.05) is 19.1 Å². The van der Waals surface area contributed by atoms with Crippen LogP contribution >= 0.6 is 0 Å². The lowest BCUT2D eigenvalue weighted by Gasteiger charge is -2.11. The van der Waals surface area contributed by atoms with Crippen molar-refractivity contribution in [3.05, 3.63) is 41.6 Å². The molecule has 0 saturated heterocycles. The van der Waals surface area contributed by atoms with Gasteiger partial charge in [-0.2, -0.15) is 5.10 Å². The predicted octanol–water partition coefficient (Wildman–Crippen LogP) is 2.30. The van der Waals surface area contributed by atoms with Crippen molar-refractivity contribution in [2.45, 2.75) is 26.2 Å². The lowest BCUT2D eigenvalue weighted by atomic mass is 10.00. The number of nitrogens with one attached hydrogen (secondary N) is 2. The fraction of sp³-hybridized carbons (Fsp3) is 0.286. The maximum Gasteiger partial charge on any atom is 0.232 e. The van der Waals surface area contributed by atoms with Gasteiger partial charge in [0.15, 0.2) is 5.82 Å². The van der Waals surface area contributed by atoms with E-state index in [0.717, 1.165) is 17.7 Å². The van der Waals surface area contributed by atoms with Gasteiger partial charge in [0.1, 0.15) is 0 Å². The standard InChI is InChI=1S/C14H18N4O/c1-3-12-8-13(18-17-12)16-14(19)9(2)10-5-4-6-11(15)7-10/h4-9H,3,15H2,1-2H3,(H2,16,17,18,19). The molecule has 2 aromatic rings. The Kier molecular flexibility index (Phi) is 3.85. The van der Waals surface area contributed by atoms with E-state index in [2.05, 4.69) is 15.5 Å². The molecular weight excluding hydrogens is 240 g/mol. The number of hydrogen-bond donors (Lipinski definition) is 3. The Labute approximate surface area is 112 Å². The average molecular weight is 258 g/mol. The molecule has 1 amide bonds. The van der Waals surface area contributed by atoms with Crippen LogP contribution in [0.25, 0.3) is 0 Å². The number of nitrogens with two attached hydrogens (primary N) is 1. The van der Waals surface area contributed by atoms with Crippen molar-refractivity contribution in [2.75, 3.05) is 11.1 Å². The normalized spacial score (nSPS) is 12.1. The number of carbonyl (C=O) groups is 1. The van der Waals surface area contributed by atoms with Gasteiger partial charge < -0.3 is 11.1 Å². The first-order chi connectivity index (χ1) is 9.10. The van der Waals surface area contributed by atoms with Crippen LogP contribution in [0.2, 0.25) is 0 Å². The zero-order chi connectivity index (χ0) is 13.8. The van der Waals surface area contributed by atoms with Crippen LogP contribution in [0.3, 0.4) is 0 Å². The highest BCUT2D eigenvalue weighted by Crippen LogP contribution is 2.19. The first-order valence-electron chi connectivity index (χ1n) is 6.30. The largest absolute Gasteiger partial charge is 0.399 e. The number of benzene rings is 1. The molecule has 19 heavy (non-hydrogen) atoms. The minimum absolute atomic E-state index is 0.0975. The third kappa shape index (κ3) is 3.13. The zero-order valence-corrected chi connectivity index (χ0v) is 11.1. The second-order valence-electron chi connectivity index (χ2n) is 4.51. The van der Waals surface area contributed by atoms with Crippen molar-refractivity contribution in [3.8, 4) is 0 Å². The number of H-pyrrole nitrogens is 1. The molecule has 0 radical (unpaired) electrons. The number of carbonyl (C=O) groups excluding carboxylic acids is 1. The summed E-state index contributed by atoms with van der Waals surface area (Å²) in [5, 5.41) is 9.70. The minimum atomic E-state index is -0.273. The molecule has 4 N–H and O–H groups in total. The molecule has 0 saturated carbocycles. The molecule has 0 aliphatic rings. The molecule has 0 spiro atoms. The van der Waals surface area contributed by atoms with E-state index in [1.165, 1.54) is 0 Å². The number of aromatic nitrogens is 2. The van der Waals surface area contributed by atoms with Crippen molar-refractivity contribution in [1.29, 1.82) is 0 Å². The summed E-state index contributed by atoms with van der Waals surface area (Å²) in [5.74, 6) is 0.183. The first-order valence-corrected chi connectivity index (χ1v) is 6.30. The molecule has 100 valence electrons. The summed E-state index contributed by atoms with van der Waals surface area (Å²) in [7, 11) is 0. The van der Waals surface area contributed by atoms with Gasteiger partial charge in [-0.05, 0) is 31.0 Å². The molecule has 1 aromatic heterocycles. The third-order valence-corrected chi connectivity index (χ3v) is 3.07. The van der Waals surface area contributed by atoms with E-state index in [0.29, 0.717) is 11.5 Å². The van der Waals surface area contributed by atoms with Gasteiger partial charge in [0.25, 0.3) is 0 Å². The molecule has 1 unspecified atom stereocenters. The van der Waals surface area contributed by atoms with Crippen LogP contribution in [0.1, 0.15) is 31.0 Å². The van der Waals surface area contributed by atoms with E-state index in [-0.39, 0.29) is 11.8 Å². The zero-order valence-electron chi connectivity index (χ0n) is 11.1. The molecule has 2 rings (SSSR count). The van der Waals surface area contributed by atoms with E-state index in [1.54, 1.807) is 6.07 Å². The molecule has 1 atom stereocenters.